The molecule has 1 aromatic carbocycles. The van der Waals surface area contributed by atoms with E-state index in [2.05, 4.69) is 19.2 Å². The molecule has 4 aliphatic carbocycles. The second-order valence-corrected chi connectivity index (χ2v) is 12.4. The Bertz CT molecular complexity index is 1110. The van der Waals surface area contributed by atoms with E-state index >= 15 is 0 Å². The molecule has 2 aliphatic heterocycles. The van der Waals surface area contributed by atoms with Crippen LogP contribution in [0.15, 0.2) is 35.9 Å². The first-order chi connectivity index (χ1) is 18.3. The second-order valence-electron chi connectivity index (χ2n) is 12.4. The highest BCUT2D eigenvalue weighted by Gasteiger charge is 2.56. The van der Waals surface area contributed by atoms with Crippen molar-refractivity contribution in [1.29, 1.82) is 0 Å². The van der Waals surface area contributed by atoms with Gasteiger partial charge in [0.25, 0.3) is 0 Å². The summed E-state index contributed by atoms with van der Waals surface area (Å²) < 4.78 is 11.8. The first-order valence-electron chi connectivity index (χ1n) is 14.2. The fourth-order valence-corrected chi connectivity index (χ4v) is 7.95. The molecule has 8 heteroatoms. The number of rotatable bonds is 7. The standard InChI is InChI=1S/C30H40N2O6/c1-30(2)19-8-7-17(22(30)13-19)15-32(29(36)18-9-12-37-16-18)23-14-21(28(35)31-10-11-33)25-20-5-3-4-6-24(20)38-27(25)26(23)34/h3-6,14,17-19,22-23,25-27,33-34H,7-13,15-16H2,1-2H3,(H,31,35)/t17-,18?,19-,22-,23+,25-,26-,27-/m0/s1. The van der Waals surface area contributed by atoms with Crippen LogP contribution in [0.2, 0.25) is 0 Å². The summed E-state index contributed by atoms with van der Waals surface area (Å²) in [5, 5.41) is 23.9. The molecule has 0 aromatic heterocycles. The molecular weight excluding hydrogens is 484 g/mol. The molecule has 6 aliphatic rings. The number of nitrogens with one attached hydrogen (secondary N) is 1. The van der Waals surface area contributed by atoms with Gasteiger partial charge in [-0.05, 0) is 61.0 Å². The minimum Gasteiger partial charge on any atom is -0.486 e. The number of para-hydroxylation sites is 1. The van der Waals surface area contributed by atoms with Crippen LogP contribution in [0.3, 0.4) is 0 Å². The highest BCUT2D eigenvalue weighted by molar-refractivity contribution is 5.96. The predicted octanol–water partition coefficient (Wildman–Crippen LogP) is 2.25. The number of hydrogen-bond donors (Lipinski definition) is 3. The summed E-state index contributed by atoms with van der Waals surface area (Å²) in [5.41, 5.74) is 1.61. The summed E-state index contributed by atoms with van der Waals surface area (Å²) >= 11 is 0. The zero-order valence-electron chi connectivity index (χ0n) is 22.3. The Morgan fingerprint density at radius 2 is 2.00 bits per heavy atom. The minimum atomic E-state index is -0.987. The van der Waals surface area contributed by atoms with Gasteiger partial charge in [0.2, 0.25) is 11.8 Å². The van der Waals surface area contributed by atoms with Gasteiger partial charge in [0.05, 0.1) is 31.1 Å². The summed E-state index contributed by atoms with van der Waals surface area (Å²) in [6, 6.07) is 6.88. The normalized spacial score (nSPS) is 36.3. The molecule has 4 fully saturated rings. The van der Waals surface area contributed by atoms with Gasteiger partial charge in [-0.15, -0.1) is 0 Å². The van der Waals surface area contributed by atoms with Gasteiger partial charge in [-0.3, -0.25) is 9.59 Å². The van der Waals surface area contributed by atoms with Gasteiger partial charge >= 0.3 is 0 Å². The summed E-state index contributed by atoms with van der Waals surface area (Å²) in [6.45, 7) is 6.17. The average molecular weight is 525 g/mol. The third kappa shape index (κ3) is 4.16. The molecule has 3 N–H and O–H groups in total. The lowest BCUT2D eigenvalue weighted by Crippen LogP contribution is -2.60. The van der Waals surface area contributed by atoms with E-state index in [1.54, 1.807) is 6.08 Å². The number of benzene rings is 1. The van der Waals surface area contributed by atoms with Gasteiger partial charge in [-0.2, -0.15) is 0 Å². The van der Waals surface area contributed by atoms with E-state index < -0.39 is 24.2 Å². The molecule has 8 nitrogen and oxygen atoms in total. The van der Waals surface area contributed by atoms with Crippen molar-refractivity contribution in [2.24, 2.45) is 29.1 Å². The topological polar surface area (TPSA) is 108 Å². The Morgan fingerprint density at radius 1 is 1.18 bits per heavy atom. The van der Waals surface area contributed by atoms with Crippen molar-refractivity contribution < 1.29 is 29.3 Å². The molecule has 206 valence electrons. The van der Waals surface area contributed by atoms with Gasteiger partial charge in [0.15, 0.2) is 0 Å². The molecular formula is C30H40N2O6. The first kappa shape index (κ1) is 25.8. The number of hydrogen-bond acceptors (Lipinski definition) is 6. The third-order valence-electron chi connectivity index (χ3n) is 10.2. The van der Waals surface area contributed by atoms with Gasteiger partial charge in [-0.25, -0.2) is 0 Å². The van der Waals surface area contributed by atoms with Gasteiger partial charge in [0, 0.05) is 30.8 Å². The molecule has 8 atom stereocenters. The van der Waals surface area contributed by atoms with Gasteiger partial charge in [0.1, 0.15) is 18.0 Å². The van der Waals surface area contributed by atoms with E-state index in [1.807, 2.05) is 29.2 Å². The van der Waals surface area contributed by atoms with E-state index in [0.29, 0.717) is 49.3 Å². The molecule has 2 bridgehead atoms. The number of carbonyl (C=O) groups excluding carboxylic acids is 2. The molecule has 7 rings (SSSR count). The van der Waals surface area contributed by atoms with Crippen LogP contribution in [0.5, 0.6) is 5.75 Å². The fourth-order valence-electron chi connectivity index (χ4n) is 7.95. The lowest BCUT2D eigenvalue weighted by atomic mass is 9.45. The van der Waals surface area contributed by atoms with Crippen LogP contribution >= 0.6 is 0 Å². The van der Waals surface area contributed by atoms with Crippen LogP contribution in [0.1, 0.15) is 51.0 Å². The molecule has 1 aromatic rings. The molecule has 2 amide bonds. The number of carbonyl (C=O) groups is 2. The van der Waals surface area contributed by atoms with Gasteiger partial charge in [-0.1, -0.05) is 32.0 Å². The van der Waals surface area contributed by atoms with Crippen molar-refractivity contribution in [3.63, 3.8) is 0 Å². The quantitative estimate of drug-likeness (QED) is 0.505. The second kappa shape index (κ2) is 9.96. The van der Waals surface area contributed by atoms with Crippen LogP contribution in [0.4, 0.5) is 0 Å². The number of aliphatic hydroxyl groups is 2. The molecule has 1 saturated heterocycles. The molecule has 2 heterocycles. The lowest BCUT2D eigenvalue weighted by molar-refractivity contribution is -0.150. The number of aliphatic hydroxyl groups excluding tert-OH is 2. The largest absolute Gasteiger partial charge is 0.486 e. The van der Waals surface area contributed by atoms with Crippen molar-refractivity contribution in [3.05, 3.63) is 41.5 Å². The maximum absolute atomic E-state index is 14.0. The fraction of sp³-hybridized carbons (Fsp3) is 0.667. The Labute approximate surface area is 224 Å². The van der Waals surface area contributed by atoms with Crippen LogP contribution in [-0.2, 0) is 14.3 Å². The van der Waals surface area contributed by atoms with Crippen molar-refractivity contribution in [1.82, 2.24) is 10.2 Å². The Hall–Kier alpha value is -2.42. The maximum Gasteiger partial charge on any atom is 0.247 e. The van der Waals surface area contributed by atoms with Crippen molar-refractivity contribution in [3.8, 4) is 5.75 Å². The van der Waals surface area contributed by atoms with E-state index in [-0.39, 0.29) is 36.3 Å². The summed E-state index contributed by atoms with van der Waals surface area (Å²) in [4.78, 5) is 29.3. The van der Waals surface area contributed by atoms with Crippen molar-refractivity contribution >= 4 is 11.8 Å². The highest BCUT2D eigenvalue weighted by Crippen LogP contribution is 2.61. The first-order valence-corrected chi connectivity index (χ1v) is 14.2. The Kier molecular flexibility index (Phi) is 6.77. The Balaban J connectivity index is 1.37. The summed E-state index contributed by atoms with van der Waals surface area (Å²) in [5.74, 6) is 1.32. The highest BCUT2D eigenvalue weighted by atomic mass is 16.5. The molecule has 3 saturated carbocycles. The van der Waals surface area contributed by atoms with Crippen molar-refractivity contribution in [2.75, 3.05) is 32.9 Å². The predicted molar refractivity (Wildman–Crippen MR) is 140 cm³/mol. The summed E-state index contributed by atoms with van der Waals surface area (Å²) in [7, 11) is 0. The average Bonchev–Trinajstić information content (AvgIpc) is 3.59. The number of fused-ring (bicyclic) bond motifs is 5. The number of nitrogens with zero attached hydrogens (tertiary/aromatic N) is 1. The molecule has 0 spiro atoms. The van der Waals surface area contributed by atoms with Gasteiger partial charge < -0.3 is 29.9 Å². The molecule has 1 unspecified atom stereocenters. The van der Waals surface area contributed by atoms with E-state index in [1.165, 1.54) is 12.8 Å². The number of amides is 2. The molecule has 38 heavy (non-hydrogen) atoms. The zero-order chi connectivity index (χ0) is 26.6. The monoisotopic (exact) mass is 524 g/mol. The Morgan fingerprint density at radius 3 is 2.71 bits per heavy atom. The van der Waals surface area contributed by atoms with Crippen molar-refractivity contribution in [2.45, 2.75) is 63.7 Å². The van der Waals surface area contributed by atoms with Crippen LogP contribution < -0.4 is 10.1 Å². The van der Waals surface area contributed by atoms with E-state index in [9.17, 15) is 19.8 Å². The lowest BCUT2D eigenvalue weighted by Gasteiger charge is -2.61. The maximum atomic E-state index is 14.0. The smallest absolute Gasteiger partial charge is 0.247 e. The summed E-state index contributed by atoms with van der Waals surface area (Å²) in [6.07, 6.45) is 4.25. The zero-order valence-corrected chi connectivity index (χ0v) is 22.3. The van der Waals surface area contributed by atoms with Crippen LogP contribution in [0, 0.1) is 29.1 Å². The molecule has 0 radical (unpaired) electrons. The van der Waals surface area contributed by atoms with E-state index in [0.717, 1.165) is 17.9 Å². The SMILES string of the molecule is CC1(C)[C@H]2CC[C@@H](CN(C(=O)C3CCOC3)[C@@H]3C=C(C(=O)NCCO)[C@@H]4c5ccccc5O[C@@H]4[C@H]3O)[C@@H]1C2. The minimum absolute atomic E-state index is 0.00821. The van der Waals surface area contributed by atoms with Crippen LogP contribution in [0.25, 0.3) is 0 Å². The van der Waals surface area contributed by atoms with E-state index in [4.69, 9.17) is 9.47 Å². The number of ether oxygens (including phenoxy) is 2. The van der Waals surface area contributed by atoms with Crippen LogP contribution in [-0.4, -0.2) is 78.1 Å². The third-order valence-corrected chi connectivity index (χ3v) is 10.2.